The van der Waals surface area contributed by atoms with Crippen LogP contribution >= 0.6 is 0 Å². The molecule has 0 aromatic rings. The maximum absolute atomic E-state index is 5.82. The van der Waals surface area contributed by atoms with Gasteiger partial charge in [0.25, 0.3) is 0 Å². The first kappa shape index (κ1) is 10.4. The molecule has 2 atom stereocenters. The SMILES string of the molecule is CC(C)(C)N1CCCC2OCCOC21. The highest BCUT2D eigenvalue weighted by Gasteiger charge is 2.39. The van der Waals surface area contributed by atoms with Crippen LogP contribution in [0.5, 0.6) is 0 Å². The summed E-state index contributed by atoms with van der Waals surface area (Å²) in [6.45, 7) is 9.37. The molecule has 2 rings (SSSR count). The minimum atomic E-state index is 0.185. The van der Waals surface area contributed by atoms with Crippen molar-refractivity contribution in [2.75, 3.05) is 19.8 Å². The zero-order valence-corrected chi connectivity index (χ0v) is 9.45. The fourth-order valence-corrected chi connectivity index (χ4v) is 2.38. The highest BCUT2D eigenvalue weighted by atomic mass is 16.6. The number of piperidine rings is 1. The summed E-state index contributed by atoms with van der Waals surface area (Å²) >= 11 is 0. The minimum Gasteiger partial charge on any atom is -0.372 e. The first-order chi connectivity index (χ1) is 6.59. The summed E-state index contributed by atoms with van der Waals surface area (Å²) in [4.78, 5) is 2.43. The lowest BCUT2D eigenvalue weighted by Crippen LogP contribution is -2.59. The smallest absolute Gasteiger partial charge is 0.137 e. The fourth-order valence-electron chi connectivity index (χ4n) is 2.38. The third-order valence-electron chi connectivity index (χ3n) is 3.08. The van der Waals surface area contributed by atoms with Crippen LogP contribution < -0.4 is 0 Å². The molecule has 2 fully saturated rings. The Morgan fingerprint density at radius 1 is 1.14 bits per heavy atom. The normalized spacial score (nSPS) is 35.4. The Kier molecular flexibility index (Phi) is 2.82. The van der Waals surface area contributed by atoms with Gasteiger partial charge in [-0.15, -0.1) is 0 Å². The number of likely N-dealkylation sites (tertiary alicyclic amines) is 1. The summed E-state index contributed by atoms with van der Waals surface area (Å²) in [6, 6.07) is 0. The van der Waals surface area contributed by atoms with E-state index in [1.807, 2.05) is 0 Å². The van der Waals surface area contributed by atoms with Gasteiger partial charge in [0, 0.05) is 12.1 Å². The molecule has 0 aromatic carbocycles. The lowest BCUT2D eigenvalue weighted by molar-refractivity contribution is -0.229. The van der Waals surface area contributed by atoms with Gasteiger partial charge in [-0.2, -0.15) is 0 Å². The van der Waals surface area contributed by atoms with Crippen LogP contribution in [0, 0.1) is 0 Å². The monoisotopic (exact) mass is 199 g/mol. The van der Waals surface area contributed by atoms with Gasteiger partial charge < -0.3 is 9.47 Å². The van der Waals surface area contributed by atoms with Crippen molar-refractivity contribution in [3.05, 3.63) is 0 Å². The molecule has 0 N–H and O–H groups in total. The molecule has 3 nitrogen and oxygen atoms in total. The molecule has 0 aliphatic carbocycles. The van der Waals surface area contributed by atoms with Crippen LogP contribution in [0.2, 0.25) is 0 Å². The van der Waals surface area contributed by atoms with Gasteiger partial charge in [-0.25, -0.2) is 0 Å². The van der Waals surface area contributed by atoms with Gasteiger partial charge in [0.1, 0.15) is 6.23 Å². The summed E-state index contributed by atoms with van der Waals surface area (Å²) < 4.78 is 11.6. The summed E-state index contributed by atoms with van der Waals surface area (Å²) in [7, 11) is 0. The predicted molar refractivity (Wildman–Crippen MR) is 55.2 cm³/mol. The van der Waals surface area contributed by atoms with Crippen molar-refractivity contribution in [3.8, 4) is 0 Å². The van der Waals surface area contributed by atoms with Crippen LogP contribution in [-0.4, -0.2) is 42.5 Å². The Balaban J connectivity index is 2.09. The van der Waals surface area contributed by atoms with Crippen molar-refractivity contribution in [3.63, 3.8) is 0 Å². The number of hydrogen-bond acceptors (Lipinski definition) is 3. The molecule has 82 valence electrons. The van der Waals surface area contributed by atoms with Crippen LogP contribution in [0.15, 0.2) is 0 Å². The van der Waals surface area contributed by atoms with Crippen molar-refractivity contribution < 1.29 is 9.47 Å². The molecule has 2 aliphatic heterocycles. The van der Waals surface area contributed by atoms with E-state index in [9.17, 15) is 0 Å². The maximum Gasteiger partial charge on any atom is 0.137 e. The molecule has 0 radical (unpaired) electrons. The average molecular weight is 199 g/mol. The van der Waals surface area contributed by atoms with Crippen molar-refractivity contribution in [2.24, 2.45) is 0 Å². The third kappa shape index (κ3) is 1.95. The van der Waals surface area contributed by atoms with E-state index >= 15 is 0 Å². The first-order valence-corrected chi connectivity index (χ1v) is 5.59. The highest BCUT2D eigenvalue weighted by Crippen LogP contribution is 2.29. The van der Waals surface area contributed by atoms with Gasteiger partial charge in [0.15, 0.2) is 0 Å². The molecule has 2 unspecified atom stereocenters. The van der Waals surface area contributed by atoms with E-state index < -0.39 is 0 Å². The third-order valence-corrected chi connectivity index (χ3v) is 3.08. The topological polar surface area (TPSA) is 21.7 Å². The van der Waals surface area contributed by atoms with Gasteiger partial charge in [-0.05, 0) is 33.6 Å². The van der Waals surface area contributed by atoms with Crippen LogP contribution in [0.3, 0.4) is 0 Å². The van der Waals surface area contributed by atoms with Crippen molar-refractivity contribution in [1.82, 2.24) is 4.90 Å². The summed E-state index contributed by atoms with van der Waals surface area (Å²) in [5.41, 5.74) is 0.185. The fraction of sp³-hybridized carbons (Fsp3) is 1.00. The van der Waals surface area contributed by atoms with Crippen molar-refractivity contribution in [2.45, 2.75) is 51.5 Å². The van der Waals surface area contributed by atoms with Crippen LogP contribution in [0.4, 0.5) is 0 Å². The molecular weight excluding hydrogens is 178 g/mol. The Morgan fingerprint density at radius 3 is 2.57 bits per heavy atom. The number of hydrogen-bond donors (Lipinski definition) is 0. The summed E-state index contributed by atoms with van der Waals surface area (Å²) in [6.07, 6.45) is 2.87. The van der Waals surface area contributed by atoms with E-state index in [0.29, 0.717) is 6.10 Å². The largest absolute Gasteiger partial charge is 0.372 e. The Labute approximate surface area is 86.4 Å². The van der Waals surface area contributed by atoms with Crippen molar-refractivity contribution in [1.29, 1.82) is 0 Å². The molecule has 14 heavy (non-hydrogen) atoms. The summed E-state index contributed by atoms with van der Waals surface area (Å²) in [5.74, 6) is 0. The second-order valence-corrected chi connectivity index (χ2v) is 5.18. The number of rotatable bonds is 0. The standard InChI is InChI=1S/C11H21NO2/c1-11(2,3)12-6-4-5-9-10(12)14-8-7-13-9/h9-10H,4-8H2,1-3H3. The Bertz CT molecular complexity index is 198. The minimum absolute atomic E-state index is 0.185. The number of fused-ring (bicyclic) bond motifs is 1. The zero-order valence-electron chi connectivity index (χ0n) is 9.45. The molecule has 0 spiro atoms. The number of nitrogens with zero attached hydrogens (tertiary/aromatic N) is 1. The molecule has 0 aromatic heterocycles. The van der Waals surface area contributed by atoms with E-state index in [2.05, 4.69) is 25.7 Å². The van der Waals surface area contributed by atoms with Gasteiger partial charge in [0.05, 0.1) is 19.3 Å². The molecule has 0 amide bonds. The quantitative estimate of drug-likeness (QED) is 0.592. The van der Waals surface area contributed by atoms with E-state index in [-0.39, 0.29) is 11.8 Å². The van der Waals surface area contributed by atoms with Crippen LogP contribution in [-0.2, 0) is 9.47 Å². The molecular formula is C11H21NO2. The zero-order chi connectivity index (χ0) is 10.2. The molecule has 2 saturated heterocycles. The van der Waals surface area contributed by atoms with Gasteiger partial charge in [-0.1, -0.05) is 0 Å². The molecule has 2 aliphatic rings. The van der Waals surface area contributed by atoms with E-state index in [0.717, 1.165) is 26.2 Å². The van der Waals surface area contributed by atoms with E-state index in [4.69, 9.17) is 9.47 Å². The molecule has 3 heteroatoms. The molecule has 0 bridgehead atoms. The van der Waals surface area contributed by atoms with E-state index in [1.165, 1.54) is 6.42 Å². The van der Waals surface area contributed by atoms with Gasteiger partial charge in [0.2, 0.25) is 0 Å². The molecule has 2 heterocycles. The Hall–Kier alpha value is -0.120. The van der Waals surface area contributed by atoms with Crippen LogP contribution in [0.1, 0.15) is 33.6 Å². The van der Waals surface area contributed by atoms with Crippen molar-refractivity contribution >= 4 is 0 Å². The van der Waals surface area contributed by atoms with E-state index in [1.54, 1.807) is 0 Å². The van der Waals surface area contributed by atoms with Crippen LogP contribution in [0.25, 0.3) is 0 Å². The highest BCUT2D eigenvalue weighted by molar-refractivity contribution is 4.88. The summed E-state index contributed by atoms with van der Waals surface area (Å²) in [5, 5.41) is 0. The predicted octanol–water partition coefficient (Wildman–Crippen LogP) is 1.62. The average Bonchev–Trinajstić information content (AvgIpc) is 2.15. The molecule has 0 saturated carbocycles. The van der Waals surface area contributed by atoms with Gasteiger partial charge >= 0.3 is 0 Å². The second-order valence-electron chi connectivity index (χ2n) is 5.18. The lowest BCUT2D eigenvalue weighted by atomic mass is 9.97. The van der Waals surface area contributed by atoms with Gasteiger partial charge in [-0.3, -0.25) is 4.90 Å². The lowest BCUT2D eigenvalue weighted by Gasteiger charge is -2.49. The maximum atomic E-state index is 5.82. The number of ether oxygens (including phenoxy) is 2. The Morgan fingerprint density at radius 2 is 1.86 bits per heavy atom. The first-order valence-electron chi connectivity index (χ1n) is 5.59. The second kappa shape index (κ2) is 3.80.